The monoisotopic (exact) mass is 607 g/mol. The molecule has 0 aliphatic carbocycles. The van der Waals surface area contributed by atoms with Gasteiger partial charge in [0, 0.05) is 25.6 Å². The van der Waals surface area contributed by atoms with E-state index in [1.165, 1.54) is 11.0 Å². The van der Waals surface area contributed by atoms with Crippen molar-refractivity contribution in [3.8, 4) is 0 Å². The van der Waals surface area contributed by atoms with Gasteiger partial charge in [-0.1, -0.05) is 20.8 Å². The summed E-state index contributed by atoms with van der Waals surface area (Å²) in [5, 5.41) is 24.8. The lowest BCUT2D eigenvalue weighted by atomic mass is 9.84. The fourth-order valence-corrected chi connectivity index (χ4v) is 4.64. The van der Waals surface area contributed by atoms with Crippen LogP contribution in [-0.4, -0.2) is 103 Å². The molecule has 0 bridgehead atoms. The van der Waals surface area contributed by atoms with Gasteiger partial charge < -0.3 is 35.8 Å². The van der Waals surface area contributed by atoms with Crippen LogP contribution in [-0.2, 0) is 20.8 Å². The lowest BCUT2D eigenvalue weighted by molar-refractivity contribution is -0.130. The van der Waals surface area contributed by atoms with Crippen LogP contribution in [0.5, 0.6) is 0 Å². The molecular weight excluding hydrogens is 562 g/mol. The standard InChI is InChI=1S/C27H45N9O7/c1-25(2,3)19(16-11-30-35(33-16)14-17-18(28)20(37)31-17)36(24(40)41)21(32-23(39)43-27(7,8)9)34-12-15(13-34)10-29-22(38)42-26(4,5)6/h11,15,17-19H,10,12-14,28H2,1-9H3,(H,29,38)(H,31,37)(H,40,41)/t17-,18+,19?/m1/s1. The van der Waals surface area contributed by atoms with Crippen molar-refractivity contribution in [1.82, 2.24) is 35.4 Å². The molecule has 2 aliphatic rings. The SMILES string of the molecule is CC(C)(C)OC(=O)N=C(N1CC(CNC(=O)OC(C)(C)C)C1)N(C(=O)O)C(c1cnn(C[C@H]2NC(=O)[C@H]2N)n1)C(C)(C)C. The van der Waals surface area contributed by atoms with Gasteiger partial charge in [-0.3, -0.25) is 4.79 Å². The predicted octanol–water partition coefficient (Wildman–Crippen LogP) is 1.92. The molecule has 1 aromatic heterocycles. The fraction of sp³-hybridized carbons (Fsp3) is 0.741. The van der Waals surface area contributed by atoms with E-state index >= 15 is 0 Å². The second-order valence-electron chi connectivity index (χ2n) is 13.9. The van der Waals surface area contributed by atoms with Crippen molar-refractivity contribution in [2.75, 3.05) is 19.6 Å². The highest BCUT2D eigenvalue weighted by Gasteiger charge is 2.45. The molecular formula is C27H45N9O7. The van der Waals surface area contributed by atoms with Crippen LogP contribution < -0.4 is 16.4 Å². The first-order valence-corrected chi connectivity index (χ1v) is 14.2. The molecule has 0 spiro atoms. The van der Waals surface area contributed by atoms with Gasteiger partial charge in [-0.2, -0.15) is 15.0 Å². The average molecular weight is 608 g/mol. The molecule has 240 valence electrons. The Morgan fingerprint density at radius 1 is 1.14 bits per heavy atom. The minimum Gasteiger partial charge on any atom is -0.465 e. The zero-order valence-corrected chi connectivity index (χ0v) is 26.4. The maximum atomic E-state index is 12.9. The van der Waals surface area contributed by atoms with E-state index in [1.54, 1.807) is 46.4 Å². The Balaban J connectivity index is 1.89. The molecule has 5 N–H and O–H groups in total. The maximum absolute atomic E-state index is 12.9. The Kier molecular flexibility index (Phi) is 9.63. The van der Waals surface area contributed by atoms with Crippen molar-refractivity contribution in [2.45, 2.75) is 98.2 Å². The molecule has 0 saturated carbocycles. The summed E-state index contributed by atoms with van der Waals surface area (Å²) in [5.41, 5.74) is 3.90. The largest absolute Gasteiger partial charge is 0.465 e. The molecule has 2 aliphatic heterocycles. The van der Waals surface area contributed by atoms with Crippen molar-refractivity contribution in [1.29, 1.82) is 0 Å². The van der Waals surface area contributed by atoms with Gasteiger partial charge in [0.2, 0.25) is 11.9 Å². The Hall–Kier alpha value is -3.95. The van der Waals surface area contributed by atoms with E-state index in [-0.39, 0.29) is 36.9 Å². The van der Waals surface area contributed by atoms with Crippen LogP contribution in [0.25, 0.3) is 0 Å². The van der Waals surface area contributed by atoms with Crippen molar-refractivity contribution in [3.05, 3.63) is 11.9 Å². The number of hydrogen-bond donors (Lipinski definition) is 4. The molecule has 16 heteroatoms. The number of likely N-dealkylation sites (tertiary alicyclic amines) is 1. The average Bonchev–Trinajstić information content (AvgIpc) is 3.24. The third-order valence-corrected chi connectivity index (χ3v) is 6.52. The molecule has 16 nitrogen and oxygen atoms in total. The Morgan fingerprint density at radius 2 is 1.74 bits per heavy atom. The first-order chi connectivity index (χ1) is 19.6. The molecule has 2 saturated heterocycles. The molecule has 1 aromatic rings. The number of β-lactam (4-membered cyclic amide) rings is 1. The first kappa shape index (κ1) is 33.6. The molecule has 0 radical (unpaired) electrons. The summed E-state index contributed by atoms with van der Waals surface area (Å²) >= 11 is 0. The summed E-state index contributed by atoms with van der Waals surface area (Å²) < 4.78 is 10.7. The second-order valence-corrected chi connectivity index (χ2v) is 13.9. The number of nitrogens with one attached hydrogen (secondary N) is 2. The number of hydrogen-bond acceptors (Lipinski definition) is 9. The zero-order chi connectivity index (χ0) is 32.5. The Labute approximate surface area is 251 Å². The summed E-state index contributed by atoms with van der Waals surface area (Å²) in [5.74, 6) is -0.444. The Bertz CT molecular complexity index is 1240. The van der Waals surface area contributed by atoms with E-state index in [1.807, 2.05) is 20.8 Å². The number of ether oxygens (including phenoxy) is 2. The summed E-state index contributed by atoms with van der Waals surface area (Å²) in [6, 6.07) is -1.96. The third kappa shape index (κ3) is 9.02. The highest BCUT2D eigenvalue weighted by molar-refractivity contribution is 5.99. The van der Waals surface area contributed by atoms with E-state index in [4.69, 9.17) is 15.2 Å². The van der Waals surface area contributed by atoms with E-state index in [2.05, 4.69) is 25.8 Å². The van der Waals surface area contributed by atoms with Gasteiger partial charge in [0.1, 0.15) is 22.9 Å². The van der Waals surface area contributed by atoms with Crippen LogP contribution >= 0.6 is 0 Å². The topological polar surface area (TPSA) is 207 Å². The quantitative estimate of drug-likeness (QED) is 0.209. The molecule has 43 heavy (non-hydrogen) atoms. The number of carboxylic acid groups (broad SMARTS) is 1. The van der Waals surface area contributed by atoms with Crippen molar-refractivity contribution < 1.29 is 33.8 Å². The van der Waals surface area contributed by atoms with Crippen LogP contribution in [0.3, 0.4) is 0 Å². The predicted molar refractivity (Wildman–Crippen MR) is 155 cm³/mol. The molecule has 3 heterocycles. The van der Waals surface area contributed by atoms with Gasteiger partial charge in [-0.15, -0.1) is 4.99 Å². The summed E-state index contributed by atoms with van der Waals surface area (Å²) in [6.45, 7) is 17.0. The van der Waals surface area contributed by atoms with E-state index in [9.17, 15) is 24.3 Å². The number of aromatic nitrogens is 3. The van der Waals surface area contributed by atoms with Crippen molar-refractivity contribution in [2.24, 2.45) is 22.1 Å². The number of rotatable bonds is 6. The van der Waals surface area contributed by atoms with E-state index < -0.39 is 47.0 Å². The number of carbonyl (C=O) groups excluding carboxylic acids is 3. The Morgan fingerprint density at radius 3 is 2.23 bits per heavy atom. The molecule has 3 atom stereocenters. The van der Waals surface area contributed by atoms with Gasteiger partial charge in [-0.25, -0.2) is 19.3 Å². The van der Waals surface area contributed by atoms with Gasteiger partial charge >= 0.3 is 18.3 Å². The minimum absolute atomic E-state index is 0.0529. The summed E-state index contributed by atoms with van der Waals surface area (Å²) in [7, 11) is 0. The third-order valence-electron chi connectivity index (χ3n) is 6.52. The molecule has 2 fully saturated rings. The number of aliphatic imine (C=N–C) groups is 1. The number of nitrogens with two attached hydrogens (primary N) is 1. The normalized spacial score (nSPS) is 20.4. The summed E-state index contributed by atoms with van der Waals surface area (Å²) in [6.07, 6.45) is -1.42. The number of nitrogens with zero attached hydrogens (tertiary/aromatic N) is 6. The van der Waals surface area contributed by atoms with Crippen molar-refractivity contribution in [3.63, 3.8) is 0 Å². The molecule has 0 aromatic carbocycles. The van der Waals surface area contributed by atoms with Crippen LogP contribution in [0, 0.1) is 11.3 Å². The minimum atomic E-state index is -1.36. The van der Waals surface area contributed by atoms with Crippen LogP contribution in [0.1, 0.15) is 74.0 Å². The molecule has 4 amide bonds. The zero-order valence-electron chi connectivity index (χ0n) is 26.4. The number of alkyl carbamates (subject to hydrolysis) is 1. The highest BCUT2D eigenvalue weighted by Crippen LogP contribution is 2.38. The van der Waals surface area contributed by atoms with Gasteiger partial charge in [0.05, 0.1) is 24.8 Å². The van der Waals surface area contributed by atoms with Crippen molar-refractivity contribution >= 4 is 30.1 Å². The second kappa shape index (κ2) is 12.3. The summed E-state index contributed by atoms with van der Waals surface area (Å²) in [4.78, 5) is 57.6. The lowest BCUT2D eigenvalue weighted by Gasteiger charge is -2.46. The van der Waals surface area contributed by atoms with Gasteiger partial charge in [0.25, 0.3) is 0 Å². The number of guanidine groups is 1. The lowest BCUT2D eigenvalue weighted by Crippen LogP contribution is -2.68. The number of carbonyl (C=O) groups is 4. The first-order valence-electron chi connectivity index (χ1n) is 14.2. The van der Waals surface area contributed by atoms with Gasteiger partial charge in [-0.05, 0) is 47.0 Å². The molecule has 1 unspecified atom stereocenters. The maximum Gasteiger partial charge on any atom is 0.437 e. The molecule has 3 rings (SSSR count). The van der Waals surface area contributed by atoms with E-state index in [0.29, 0.717) is 18.8 Å². The van der Waals surface area contributed by atoms with Crippen LogP contribution in [0.2, 0.25) is 0 Å². The number of amides is 4. The smallest absolute Gasteiger partial charge is 0.437 e. The van der Waals surface area contributed by atoms with Crippen LogP contribution in [0.4, 0.5) is 14.4 Å². The van der Waals surface area contributed by atoms with E-state index in [0.717, 1.165) is 4.90 Å². The van der Waals surface area contributed by atoms with Crippen LogP contribution in [0.15, 0.2) is 11.2 Å². The fourth-order valence-electron chi connectivity index (χ4n) is 4.64. The highest BCUT2D eigenvalue weighted by atomic mass is 16.6. The van der Waals surface area contributed by atoms with Gasteiger partial charge in [0.15, 0.2) is 0 Å².